The van der Waals surface area contributed by atoms with Crippen molar-refractivity contribution in [2.45, 2.75) is 0 Å². The summed E-state index contributed by atoms with van der Waals surface area (Å²) in [6.45, 7) is 7.68. The minimum Gasteiger partial charge on any atom is -0.309 e. The van der Waals surface area contributed by atoms with Gasteiger partial charge in [-0.15, -0.1) is 0 Å². The van der Waals surface area contributed by atoms with E-state index in [1.165, 1.54) is 15.9 Å². The van der Waals surface area contributed by atoms with E-state index >= 15 is 0 Å². The van der Waals surface area contributed by atoms with Crippen LogP contribution in [0.3, 0.4) is 0 Å². The molecule has 228 valence electrons. The van der Waals surface area contributed by atoms with Crippen molar-refractivity contribution in [3.8, 4) is 17.4 Å². The van der Waals surface area contributed by atoms with Crippen LogP contribution >= 0.6 is 7.92 Å². The van der Waals surface area contributed by atoms with E-state index in [0.717, 1.165) is 55.0 Å². The van der Waals surface area contributed by atoms with Crippen LogP contribution in [-0.4, -0.2) is 19.1 Å². The highest BCUT2D eigenvalue weighted by Gasteiger charge is 2.22. The average Bonchev–Trinajstić information content (AvgIpc) is 3.67. The van der Waals surface area contributed by atoms with Crippen molar-refractivity contribution in [3.63, 3.8) is 0 Å². The average molecular weight is 645 g/mol. The Balaban J connectivity index is 1.29. The number of pyridine rings is 2. The van der Waals surface area contributed by atoms with Crippen LogP contribution in [-0.2, 0) is 0 Å². The molecule has 9 aromatic rings. The van der Waals surface area contributed by atoms with Crippen LogP contribution < -0.4 is 15.9 Å². The first kappa shape index (κ1) is 28.6. The zero-order valence-electron chi connectivity index (χ0n) is 26.1. The summed E-state index contributed by atoms with van der Waals surface area (Å²) in [6.07, 6.45) is 7.28. The molecule has 0 saturated carbocycles. The van der Waals surface area contributed by atoms with Gasteiger partial charge in [0.1, 0.15) is 0 Å². The highest BCUT2D eigenvalue weighted by molar-refractivity contribution is 7.79. The fourth-order valence-electron chi connectivity index (χ4n) is 6.98. The molecule has 0 aliphatic heterocycles. The van der Waals surface area contributed by atoms with Crippen LogP contribution in [0.5, 0.6) is 0 Å². The van der Waals surface area contributed by atoms with Crippen molar-refractivity contribution in [3.05, 3.63) is 169 Å². The first-order valence-corrected chi connectivity index (χ1v) is 17.2. The Hall–Kier alpha value is -6.59. The molecule has 6 nitrogen and oxygen atoms in total. The maximum absolute atomic E-state index is 9.75. The molecule has 0 aliphatic rings. The van der Waals surface area contributed by atoms with Gasteiger partial charge in [-0.05, 0) is 90.6 Å². The minimum atomic E-state index is -0.956. The van der Waals surface area contributed by atoms with E-state index in [2.05, 4.69) is 115 Å². The van der Waals surface area contributed by atoms with Gasteiger partial charge in [0.25, 0.3) is 0 Å². The van der Waals surface area contributed by atoms with E-state index in [0.29, 0.717) is 11.3 Å². The van der Waals surface area contributed by atoms with Crippen molar-refractivity contribution >= 4 is 73.1 Å². The molecule has 0 amide bonds. The molecule has 0 fully saturated rings. The molecule has 4 heterocycles. The lowest BCUT2D eigenvalue weighted by molar-refractivity contribution is 1.14. The Morgan fingerprint density at radius 3 is 1.69 bits per heavy atom. The predicted molar refractivity (Wildman–Crippen MR) is 200 cm³/mol. The van der Waals surface area contributed by atoms with Crippen molar-refractivity contribution in [2.24, 2.45) is 0 Å². The number of fused-ring (bicyclic) bond motifs is 6. The number of benzene rings is 5. The minimum absolute atomic E-state index is 0.604. The predicted octanol–water partition coefficient (Wildman–Crippen LogP) is 8.85. The summed E-state index contributed by atoms with van der Waals surface area (Å²) in [7, 11) is -0.956. The maximum Gasteiger partial charge on any atom is 0.189 e. The largest absolute Gasteiger partial charge is 0.309 e. The summed E-state index contributed by atoms with van der Waals surface area (Å²) in [5.41, 5.74) is 7.23. The Labute approximate surface area is 283 Å². The molecule has 4 aromatic heterocycles. The third-order valence-corrected chi connectivity index (χ3v) is 11.5. The molecule has 1 atom stereocenters. The fourth-order valence-corrected chi connectivity index (χ4v) is 9.30. The van der Waals surface area contributed by atoms with E-state index < -0.39 is 7.92 Å². The molecule has 0 saturated heterocycles. The molecule has 0 aliphatic carbocycles. The summed E-state index contributed by atoms with van der Waals surface area (Å²) in [6, 6.07) is 46.5. The quantitative estimate of drug-likeness (QED) is 0.139. The fraction of sp³-hybridized carbons (Fsp3) is 0. The van der Waals surface area contributed by atoms with Crippen LogP contribution in [0.4, 0.5) is 5.69 Å². The standard InChI is InChI=1S/C42H25N6P/c1-44-29-12-16-36-38-24-34(14-18-40(38)48(42(36)22-29)31-8-6-20-46-27-31)49(32-9-3-2-4-10-32)33-13-17-39-37(23-33)35-15-11-28(25-43)21-41(35)47(39)30-7-5-19-45-26-30/h2-24,26-27H. The van der Waals surface area contributed by atoms with Gasteiger partial charge in [0.15, 0.2) is 5.69 Å². The Morgan fingerprint density at radius 2 is 1.14 bits per heavy atom. The zero-order valence-corrected chi connectivity index (χ0v) is 27.0. The third-order valence-electron chi connectivity index (χ3n) is 9.08. The highest BCUT2D eigenvalue weighted by atomic mass is 31.1. The summed E-state index contributed by atoms with van der Waals surface area (Å²) in [5.74, 6) is 0. The normalized spacial score (nSPS) is 12.0. The Morgan fingerprint density at radius 1 is 0.551 bits per heavy atom. The highest BCUT2D eigenvalue weighted by Crippen LogP contribution is 2.40. The summed E-state index contributed by atoms with van der Waals surface area (Å²) >= 11 is 0. The molecule has 0 N–H and O–H groups in total. The zero-order chi connectivity index (χ0) is 32.9. The molecule has 1 unspecified atom stereocenters. The van der Waals surface area contributed by atoms with Gasteiger partial charge in [0, 0.05) is 39.5 Å². The smallest absolute Gasteiger partial charge is 0.189 e. The van der Waals surface area contributed by atoms with Gasteiger partial charge in [-0.3, -0.25) is 9.97 Å². The molecule has 0 bridgehead atoms. The molecule has 9 rings (SSSR count). The van der Waals surface area contributed by atoms with Gasteiger partial charge in [-0.2, -0.15) is 5.26 Å². The Bertz CT molecular complexity index is 2610. The van der Waals surface area contributed by atoms with Crippen LogP contribution in [0.2, 0.25) is 0 Å². The molecule has 0 radical (unpaired) electrons. The van der Waals surface area contributed by atoms with Crippen molar-refractivity contribution in [1.29, 1.82) is 5.26 Å². The lowest BCUT2D eigenvalue weighted by atomic mass is 10.1. The first-order valence-electron chi connectivity index (χ1n) is 15.8. The Kier molecular flexibility index (Phi) is 6.76. The topological polar surface area (TPSA) is 63.8 Å². The number of hydrogen-bond acceptors (Lipinski definition) is 3. The van der Waals surface area contributed by atoms with E-state index in [9.17, 15) is 5.26 Å². The van der Waals surface area contributed by atoms with Crippen molar-refractivity contribution in [1.82, 2.24) is 19.1 Å². The van der Waals surface area contributed by atoms with E-state index in [1.54, 1.807) is 12.4 Å². The van der Waals surface area contributed by atoms with Crippen molar-refractivity contribution < 1.29 is 0 Å². The molecular formula is C42H25N6P. The van der Waals surface area contributed by atoms with Crippen LogP contribution in [0, 0.1) is 17.9 Å². The van der Waals surface area contributed by atoms with E-state index in [4.69, 9.17) is 6.57 Å². The second-order valence-electron chi connectivity index (χ2n) is 11.8. The number of aromatic nitrogens is 4. The van der Waals surface area contributed by atoms with Gasteiger partial charge in [0.2, 0.25) is 0 Å². The third kappa shape index (κ3) is 4.67. The number of hydrogen-bond donors (Lipinski definition) is 0. The van der Waals surface area contributed by atoms with Crippen LogP contribution in [0.25, 0.3) is 59.8 Å². The van der Waals surface area contributed by atoms with Gasteiger partial charge in [0.05, 0.1) is 58.5 Å². The molecular weight excluding hydrogens is 619 g/mol. The molecule has 7 heteroatoms. The number of nitrogens with zero attached hydrogens (tertiary/aromatic N) is 6. The van der Waals surface area contributed by atoms with Gasteiger partial charge in [-0.1, -0.05) is 60.7 Å². The maximum atomic E-state index is 9.75. The molecule has 49 heavy (non-hydrogen) atoms. The van der Waals surface area contributed by atoms with Gasteiger partial charge < -0.3 is 9.13 Å². The van der Waals surface area contributed by atoms with Crippen molar-refractivity contribution in [2.75, 3.05) is 0 Å². The lowest BCUT2D eigenvalue weighted by Gasteiger charge is -2.20. The van der Waals surface area contributed by atoms with E-state index in [1.807, 2.05) is 54.9 Å². The number of nitriles is 1. The van der Waals surface area contributed by atoms with Gasteiger partial charge in [-0.25, -0.2) is 4.85 Å². The summed E-state index contributed by atoms with van der Waals surface area (Å²) in [4.78, 5) is 12.5. The number of rotatable bonds is 5. The first-order chi connectivity index (χ1) is 24.2. The van der Waals surface area contributed by atoms with E-state index in [-0.39, 0.29) is 0 Å². The monoisotopic (exact) mass is 644 g/mol. The SMILES string of the molecule is [C-]#[N+]c1ccc2c3cc(P(c4ccccc4)c4ccc5c(c4)c4ccc(C#N)cc4n5-c4cccnc4)ccc3n(-c3cccnc3)c2c1. The second kappa shape index (κ2) is 11.6. The van der Waals surface area contributed by atoms with Gasteiger partial charge >= 0.3 is 0 Å². The lowest BCUT2D eigenvalue weighted by Crippen LogP contribution is -2.20. The summed E-state index contributed by atoms with van der Waals surface area (Å²) in [5, 5.41) is 17.9. The van der Waals surface area contributed by atoms with Crippen LogP contribution in [0.1, 0.15) is 5.56 Å². The molecule has 0 spiro atoms. The van der Waals surface area contributed by atoms with Crippen LogP contribution in [0.15, 0.2) is 152 Å². The summed E-state index contributed by atoms with van der Waals surface area (Å²) < 4.78 is 4.40. The molecule has 5 aromatic carbocycles. The second-order valence-corrected chi connectivity index (χ2v) is 14.0.